The average Bonchev–Trinajstić information content (AvgIpc) is 3.10. The predicted octanol–water partition coefficient (Wildman–Crippen LogP) is 1.38. The number of nitrogens with one attached hydrogen (secondary N) is 1. The molecule has 3 heterocycles. The Morgan fingerprint density at radius 1 is 1.19 bits per heavy atom. The van der Waals surface area contributed by atoms with Crippen molar-refractivity contribution in [3.05, 3.63) is 18.3 Å². The molecule has 26 heavy (non-hydrogen) atoms. The molecule has 0 spiro atoms. The van der Waals surface area contributed by atoms with Crippen molar-refractivity contribution in [1.29, 1.82) is 0 Å². The lowest BCUT2D eigenvalue weighted by Crippen LogP contribution is -2.27. The zero-order valence-corrected chi connectivity index (χ0v) is 14.9. The van der Waals surface area contributed by atoms with Crippen molar-refractivity contribution in [2.75, 3.05) is 39.2 Å². The molecule has 0 aliphatic carbocycles. The first kappa shape index (κ1) is 17.8. The Morgan fingerprint density at radius 2 is 2.08 bits per heavy atom. The van der Waals surface area contributed by atoms with E-state index in [2.05, 4.69) is 25.3 Å². The molecule has 3 rings (SSSR count). The molecule has 0 unspecified atom stereocenters. The highest BCUT2D eigenvalue weighted by Crippen LogP contribution is 2.19. The molecule has 2 aromatic rings. The number of hydrogen-bond donors (Lipinski definition) is 1. The summed E-state index contributed by atoms with van der Waals surface area (Å²) >= 11 is 0. The Morgan fingerprint density at radius 3 is 2.73 bits per heavy atom. The first-order valence-corrected chi connectivity index (χ1v) is 8.51. The van der Waals surface area contributed by atoms with Crippen molar-refractivity contribution in [3.63, 3.8) is 0 Å². The van der Waals surface area contributed by atoms with Crippen LogP contribution in [0.3, 0.4) is 0 Å². The minimum Gasteiger partial charge on any atom is -0.481 e. The monoisotopic (exact) mass is 358 g/mol. The predicted molar refractivity (Wildman–Crippen MR) is 95.1 cm³/mol. The third-order valence-electron chi connectivity index (χ3n) is 4.06. The number of carbonyl (C=O) groups is 1. The van der Waals surface area contributed by atoms with Gasteiger partial charge in [0.05, 0.1) is 14.2 Å². The molecule has 2 aromatic heterocycles. The van der Waals surface area contributed by atoms with Crippen LogP contribution in [0.2, 0.25) is 0 Å². The van der Waals surface area contributed by atoms with Crippen molar-refractivity contribution < 1.29 is 14.3 Å². The lowest BCUT2D eigenvalue weighted by molar-refractivity contribution is -0.127. The molecule has 9 nitrogen and oxygen atoms in total. The third kappa shape index (κ3) is 4.35. The fourth-order valence-corrected chi connectivity index (χ4v) is 2.70. The van der Waals surface area contributed by atoms with Gasteiger partial charge in [0, 0.05) is 43.9 Å². The standard InChI is InChI=1S/C17H22N6O3/c1-25-13-7-6-12(11-19-13)15-20-16(22-17(21-15)26-2)18-8-4-10-23-9-3-5-14(23)24/h6-7,11H,3-5,8-10H2,1-2H3,(H,18,20,21,22). The number of nitrogens with zero attached hydrogens (tertiary/aromatic N) is 5. The van der Waals surface area contributed by atoms with Crippen LogP contribution in [0, 0.1) is 0 Å². The summed E-state index contributed by atoms with van der Waals surface area (Å²) < 4.78 is 10.2. The number of likely N-dealkylation sites (tertiary alicyclic amines) is 1. The van der Waals surface area contributed by atoms with Crippen molar-refractivity contribution in [3.8, 4) is 23.3 Å². The number of pyridine rings is 1. The summed E-state index contributed by atoms with van der Waals surface area (Å²) in [5.74, 6) is 1.64. The minimum atomic E-state index is 0.225. The smallest absolute Gasteiger partial charge is 0.321 e. The van der Waals surface area contributed by atoms with Gasteiger partial charge in [-0.05, 0) is 18.9 Å². The molecule has 1 aliphatic rings. The van der Waals surface area contributed by atoms with Crippen LogP contribution < -0.4 is 14.8 Å². The van der Waals surface area contributed by atoms with Gasteiger partial charge in [-0.25, -0.2) is 4.98 Å². The number of ether oxygens (including phenoxy) is 2. The maximum atomic E-state index is 11.6. The largest absolute Gasteiger partial charge is 0.481 e. The third-order valence-corrected chi connectivity index (χ3v) is 4.06. The second-order valence-electron chi connectivity index (χ2n) is 5.82. The molecule has 9 heteroatoms. The van der Waals surface area contributed by atoms with Gasteiger partial charge in [-0.2, -0.15) is 15.0 Å². The first-order valence-electron chi connectivity index (χ1n) is 8.51. The van der Waals surface area contributed by atoms with Gasteiger partial charge < -0.3 is 19.7 Å². The highest BCUT2D eigenvalue weighted by Gasteiger charge is 2.19. The molecule has 138 valence electrons. The number of hydrogen-bond acceptors (Lipinski definition) is 8. The van der Waals surface area contributed by atoms with Crippen molar-refractivity contribution in [1.82, 2.24) is 24.8 Å². The minimum absolute atomic E-state index is 0.225. The Bertz CT molecular complexity index is 753. The summed E-state index contributed by atoms with van der Waals surface area (Å²) in [6.45, 7) is 2.24. The van der Waals surface area contributed by atoms with Crippen molar-refractivity contribution in [2.24, 2.45) is 0 Å². The topological polar surface area (TPSA) is 102 Å². The molecule has 1 saturated heterocycles. The quantitative estimate of drug-likeness (QED) is 0.706. The van der Waals surface area contributed by atoms with E-state index in [-0.39, 0.29) is 11.9 Å². The molecule has 1 N–H and O–H groups in total. The lowest BCUT2D eigenvalue weighted by atomic mass is 10.3. The molecular weight excluding hydrogens is 336 g/mol. The SMILES string of the molecule is COc1ccc(-c2nc(NCCCN3CCCC3=O)nc(OC)n2)cn1. The number of rotatable bonds is 8. The van der Waals surface area contributed by atoms with Gasteiger partial charge >= 0.3 is 6.01 Å². The Hall–Kier alpha value is -2.97. The summed E-state index contributed by atoms with van der Waals surface area (Å²) in [6, 6.07) is 3.79. The molecule has 0 atom stereocenters. The van der Waals surface area contributed by atoms with Gasteiger partial charge in [0.1, 0.15) is 0 Å². The molecule has 1 amide bonds. The van der Waals surface area contributed by atoms with Crippen LogP contribution in [0.15, 0.2) is 18.3 Å². The van der Waals surface area contributed by atoms with Gasteiger partial charge in [0.15, 0.2) is 5.82 Å². The Balaban J connectivity index is 1.63. The van der Waals surface area contributed by atoms with Crippen LogP contribution in [0.25, 0.3) is 11.4 Å². The summed E-state index contributed by atoms with van der Waals surface area (Å²) in [5.41, 5.74) is 0.734. The number of anilines is 1. The second-order valence-corrected chi connectivity index (χ2v) is 5.82. The molecule has 1 fully saturated rings. The zero-order valence-electron chi connectivity index (χ0n) is 14.9. The zero-order chi connectivity index (χ0) is 18.4. The Labute approximate surface area is 151 Å². The summed E-state index contributed by atoms with van der Waals surface area (Å²) in [5, 5.41) is 3.17. The summed E-state index contributed by atoms with van der Waals surface area (Å²) in [7, 11) is 3.07. The summed E-state index contributed by atoms with van der Waals surface area (Å²) in [6.07, 6.45) is 4.07. The fourth-order valence-electron chi connectivity index (χ4n) is 2.70. The maximum Gasteiger partial charge on any atom is 0.321 e. The van der Waals surface area contributed by atoms with Crippen molar-refractivity contribution in [2.45, 2.75) is 19.3 Å². The van der Waals surface area contributed by atoms with E-state index < -0.39 is 0 Å². The number of methoxy groups -OCH3 is 2. The van der Waals surface area contributed by atoms with E-state index in [1.807, 2.05) is 11.0 Å². The molecule has 0 bridgehead atoms. The van der Waals surface area contributed by atoms with Crippen LogP contribution >= 0.6 is 0 Å². The fraction of sp³-hybridized carbons (Fsp3) is 0.471. The van der Waals surface area contributed by atoms with Gasteiger partial charge in [-0.1, -0.05) is 0 Å². The molecule has 0 saturated carbocycles. The van der Waals surface area contributed by atoms with E-state index in [0.717, 1.165) is 31.5 Å². The Kier molecular flexibility index (Phi) is 5.77. The summed E-state index contributed by atoms with van der Waals surface area (Å²) in [4.78, 5) is 30.6. The van der Waals surface area contributed by atoms with E-state index in [9.17, 15) is 4.79 Å². The van der Waals surface area contributed by atoms with E-state index in [1.54, 1.807) is 19.4 Å². The van der Waals surface area contributed by atoms with Crippen molar-refractivity contribution >= 4 is 11.9 Å². The number of amides is 1. The maximum absolute atomic E-state index is 11.6. The van der Waals surface area contributed by atoms with E-state index >= 15 is 0 Å². The van der Waals surface area contributed by atoms with Crippen LogP contribution in [-0.2, 0) is 4.79 Å². The molecule has 1 aliphatic heterocycles. The molecule has 0 aromatic carbocycles. The average molecular weight is 358 g/mol. The van der Waals surface area contributed by atoms with Gasteiger partial charge in [-0.3, -0.25) is 4.79 Å². The van der Waals surface area contributed by atoms with E-state index in [0.29, 0.717) is 30.6 Å². The van der Waals surface area contributed by atoms with Crippen LogP contribution in [0.1, 0.15) is 19.3 Å². The van der Waals surface area contributed by atoms with Crippen LogP contribution in [0.4, 0.5) is 5.95 Å². The second kappa shape index (κ2) is 8.41. The van der Waals surface area contributed by atoms with E-state index in [4.69, 9.17) is 9.47 Å². The van der Waals surface area contributed by atoms with Gasteiger partial charge in [0.25, 0.3) is 0 Å². The highest BCUT2D eigenvalue weighted by molar-refractivity contribution is 5.78. The lowest BCUT2D eigenvalue weighted by Gasteiger charge is -2.15. The normalized spacial score (nSPS) is 13.8. The highest BCUT2D eigenvalue weighted by atomic mass is 16.5. The molecular formula is C17H22N6O3. The number of aromatic nitrogens is 4. The first-order chi connectivity index (χ1) is 12.7. The van der Waals surface area contributed by atoms with Gasteiger partial charge in [-0.15, -0.1) is 0 Å². The number of carbonyl (C=O) groups excluding carboxylic acids is 1. The van der Waals surface area contributed by atoms with Gasteiger partial charge in [0.2, 0.25) is 17.7 Å². The molecule has 0 radical (unpaired) electrons. The van der Waals surface area contributed by atoms with Crippen LogP contribution in [-0.4, -0.2) is 64.6 Å². The van der Waals surface area contributed by atoms with Crippen LogP contribution in [0.5, 0.6) is 11.9 Å². The van der Waals surface area contributed by atoms with E-state index in [1.165, 1.54) is 7.11 Å².